The lowest BCUT2D eigenvalue weighted by Crippen LogP contribution is -2.27. The Balaban J connectivity index is 1.97. The van der Waals surface area contributed by atoms with Crippen LogP contribution in [0, 0.1) is 5.92 Å². The first-order chi connectivity index (χ1) is 9.26. The van der Waals surface area contributed by atoms with Gasteiger partial charge in [0.15, 0.2) is 5.82 Å². The van der Waals surface area contributed by atoms with E-state index in [2.05, 4.69) is 34.7 Å². The second-order valence-corrected chi connectivity index (χ2v) is 5.39. The van der Waals surface area contributed by atoms with Gasteiger partial charge in [-0.05, 0) is 36.1 Å². The summed E-state index contributed by atoms with van der Waals surface area (Å²) in [6.45, 7) is 5.82. The molecular formula is C13H25N5O. The lowest BCUT2D eigenvalue weighted by molar-refractivity contribution is 0.195. The van der Waals surface area contributed by atoms with Gasteiger partial charge in [-0.25, -0.2) is 4.68 Å². The highest BCUT2D eigenvalue weighted by Gasteiger charge is 2.28. The first kappa shape index (κ1) is 14.4. The van der Waals surface area contributed by atoms with Gasteiger partial charge in [0, 0.05) is 13.7 Å². The van der Waals surface area contributed by atoms with Gasteiger partial charge in [0.25, 0.3) is 0 Å². The standard InChI is InChI=1S/C13H25N5O/c1-4-12(9-11-5-6-11)18-13(15-16-17-18)10(2)14-7-8-19-3/h10-12,14H,4-9H2,1-3H3. The number of ether oxygens (including phenoxy) is 1. The summed E-state index contributed by atoms with van der Waals surface area (Å²) in [5.74, 6) is 1.82. The summed E-state index contributed by atoms with van der Waals surface area (Å²) >= 11 is 0. The highest BCUT2D eigenvalue weighted by Crippen LogP contribution is 2.38. The van der Waals surface area contributed by atoms with E-state index in [1.54, 1.807) is 7.11 Å². The highest BCUT2D eigenvalue weighted by molar-refractivity contribution is 4.93. The summed E-state index contributed by atoms with van der Waals surface area (Å²) in [5, 5.41) is 15.6. The maximum Gasteiger partial charge on any atom is 0.168 e. The number of aromatic nitrogens is 4. The van der Waals surface area contributed by atoms with Crippen molar-refractivity contribution < 1.29 is 4.74 Å². The van der Waals surface area contributed by atoms with E-state index in [0.717, 1.165) is 24.7 Å². The SMILES string of the molecule is CCC(CC1CC1)n1nnnc1C(C)NCCOC. The third-order valence-corrected chi connectivity index (χ3v) is 3.78. The molecule has 1 aliphatic rings. The lowest BCUT2D eigenvalue weighted by Gasteiger charge is -2.19. The van der Waals surface area contributed by atoms with Gasteiger partial charge in [0.1, 0.15) is 0 Å². The Hall–Kier alpha value is -1.01. The van der Waals surface area contributed by atoms with Crippen molar-refractivity contribution in [1.29, 1.82) is 0 Å². The summed E-state index contributed by atoms with van der Waals surface area (Å²) in [5.41, 5.74) is 0. The first-order valence-corrected chi connectivity index (χ1v) is 7.26. The molecule has 6 heteroatoms. The van der Waals surface area contributed by atoms with Gasteiger partial charge in [-0.15, -0.1) is 5.10 Å². The molecule has 2 unspecified atom stereocenters. The normalized spacial score (nSPS) is 18.5. The van der Waals surface area contributed by atoms with Gasteiger partial charge in [-0.2, -0.15) is 0 Å². The Bertz CT molecular complexity index is 377. The molecule has 0 spiro atoms. The molecule has 1 N–H and O–H groups in total. The first-order valence-electron chi connectivity index (χ1n) is 7.26. The fraction of sp³-hybridized carbons (Fsp3) is 0.923. The second-order valence-electron chi connectivity index (χ2n) is 5.39. The monoisotopic (exact) mass is 267 g/mol. The smallest absolute Gasteiger partial charge is 0.168 e. The summed E-state index contributed by atoms with van der Waals surface area (Å²) in [6, 6.07) is 0.586. The molecular weight excluding hydrogens is 242 g/mol. The third kappa shape index (κ3) is 3.98. The van der Waals surface area contributed by atoms with Crippen molar-refractivity contribution in [3.8, 4) is 0 Å². The number of rotatable bonds is 9. The number of methoxy groups -OCH3 is 1. The molecule has 0 amide bonds. The zero-order valence-electron chi connectivity index (χ0n) is 12.2. The van der Waals surface area contributed by atoms with Gasteiger partial charge in [0.2, 0.25) is 0 Å². The van der Waals surface area contributed by atoms with E-state index in [4.69, 9.17) is 4.74 Å². The van der Waals surface area contributed by atoms with Crippen molar-refractivity contribution in [2.45, 2.75) is 51.6 Å². The number of hydrogen-bond acceptors (Lipinski definition) is 5. The van der Waals surface area contributed by atoms with Crippen LogP contribution in [0.2, 0.25) is 0 Å². The minimum absolute atomic E-state index is 0.151. The Morgan fingerprint density at radius 1 is 1.47 bits per heavy atom. The van der Waals surface area contributed by atoms with Crippen LogP contribution in [0.15, 0.2) is 0 Å². The van der Waals surface area contributed by atoms with E-state index in [1.807, 2.05) is 4.68 Å². The van der Waals surface area contributed by atoms with Crippen LogP contribution in [0.25, 0.3) is 0 Å². The molecule has 1 fully saturated rings. The summed E-state index contributed by atoms with van der Waals surface area (Å²) in [6.07, 6.45) is 5.03. The van der Waals surface area contributed by atoms with Gasteiger partial charge in [0.05, 0.1) is 18.7 Å². The summed E-state index contributed by atoms with van der Waals surface area (Å²) < 4.78 is 7.07. The molecule has 0 aliphatic heterocycles. The Morgan fingerprint density at radius 2 is 2.26 bits per heavy atom. The molecule has 0 bridgehead atoms. The molecule has 6 nitrogen and oxygen atoms in total. The zero-order valence-corrected chi connectivity index (χ0v) is 12.2. The van der Waals surface area contributed by atoms with Crippen LogP contribution < -0.4 is 5.32 Å². The van der Waals surface area contributed by atoms with E-state index < -0.39 is 0 Å². The topological polar surface area (TPSA) is 64.9 Å². The average molecular weight is 267 g/mol. The molecule has 2 rings (SSSR count). The largest absolute Gasteiger partial charge is 0.383 e. The van der Waals surface area contributed by atoms with Gasteiger partial charge < -0.3 is 10.1 Å². The predicted molar refractivity (Wildman–Crippen MR) is 72.8 cm³/mol. The Kier molecular flexibility index (Phi) is 5.27. The molecule has 1 saturated carbocycles. The van der Waals surface area contributed by atoms with Crippen molar-refractivity contribution >= 4 is 0 Å². The number of nitrogens with zero attached hydrogens (tertiary/aromatic N) is 4. The zero-order chi connectivity index (χ0) is 13.7. The van der Waals surface area contributed by atoms with E-state index in [0.29, 0.717) is 12.6 Å². The van der Waals surface area contributed by atoms with Gasteiger partial charge in [-0.1, -0.05) is 19.8 Å². The highest BCUT2D eigenvalue weighted by atomic mass is 16.5. The quantitative estimate of drug-likeness (QED) is 0.690. The molecule has 1 aromatic rings. The Labute approximate surface area is 114 Å². The summed E-state index contributed by atoms with van der Waals surface area (Å²) in [4.78, 5) is 0. The number of nitrogens with one attached hydrogen (secondary N) is 1. The summed E-state index contributed by atoms with van der Waals surface area (Å²) in [7, 11) is 1.71. The lowest BCUT2D eigenvalue weighted by atomic mass is 10.1. The minimum atomic E-state index is 0.151. The van der Waals surface area contributed by atoms with Crippen LogP contribution in [0.1, 0.15) is 57.4 Å². The average Bonchev–Trinajstić information content (AvgIpc) is 3.10. The maximum absolute atomic E-state index is 5.05. The van der Waals surface area contributed by atoms with Crippen LogP contribution in [-0.2, 0) is 4.74 Å². The predicted octanol–water partition coefficient (Wildman–Crippen LogP) is 1.72. The number of hydrogen-bond donors (Lipinski definition) is 1. The minimum Gasteiger partial charge on any atom is -0.383 e. The van der Waals surface area contributed by atoms with Crippen molar-refractivity contribution in [3.63, 3.8) is 0 Å². The van der Waals surface area contributed by atoms with Gasteiger partial charge in [-0.3, -0.25) is 0 Å². The van der Waals surface area contributed by atoms with Crippen molar-refractivity contribution in [1.82, 2.24) is 25.5 Å². The molecule has 2 atom stereocenters. The van der Waals surface area contributed by atoms with Gasteiger partial charge >= 0.3 is 0 Å². The molecule has 1 aromatic heterocycles. The molecule has 0 radical (unpaired) electrons. The van der Waals surface area contributed by atoms with Crippen LogP contribution in [0.3, 0.4) is 0 Å². The van der Waals surface area contributed by atoms with Crippen molar-refractivity contribution in [2.75, 3.05) is 20.3 Å². The van der Waals surface area contributed by atoms with Crippen molar-refractivity contribution in [3.05, 3.63) is 5.82 Å². The fourth-order valence-corrected chi connectivity index (χ4v) is 2.39. The van der Waals surface area contributed by atoms with E-state index in [-0.39, 0.29) is 6.04 Å². The molecule has 1 heterocycles. The second kappa shape index (κ2) is 6.96. The van der Waals surface area contributed by atoms with Crippen LogP contribution in [0.4, 0.5) is 0 Å². The van der Waals surface area contributed by atoms with Crippen LogP contribution in [0.5, 0.6) is 0 Å². The van der Waals surface area contributed by atoms with E-state index in [9.17, 15) is 0 Å². The van der Waals surface area contributed by atoms with E-state index >= 15 is 0 Å². The fourth-order valence-electron chi connectivity index (χ4n) is 2.39. The number of tetrazole rings is 1. The molecule has 0 aromatic carbocycles. The molecule has 19 heavy (non-hydrogen) atoms. The third-order valence-electron chi connectivity index (χ3n) is 3.78. The van der Waals surface area contributed by atoms with Crippen LogP contribution in [-0.4, -0.2) is 40.5 Å². The molecule has 0 saturated heterocycles. The Morgan fingerprint density at radius 3 is 2.89 bits per heavy atom. The van der Waals surface area contributed by atoms with Crippen LogP contribution >= 0.6 is 0 Å². The molecule has 1 aliphatic carbocycles. The van der Waals surface area contributed by atoms with E-state index in [1.165, 1.54) is 19.3 Å². The van der Waals surface area contributed by atoms with Crippen molar-refractivity contribution in [2.24, 2.45) is 5.92 Å². The maximum atomic E-state index is 5.05. The molecule has 108 valence electrons.